The molecule has 13 heteroatoms. The van der Waals surface area contributed by atoms with Crippen molar-refractivity contribution in [1.29, 1.82) is 0 Å². The van der Waals surface area contributed by atoms with E-state index in [9.17, 15) is 26.4 Å². The van der Waals surface area contributed by atoms with E-state index in [2.05, 4.69) is 4.98 Å². The molecule has 124 valence electrons. The summed E-state index contributed by atoms with van der Waals surface area (Å²) in [7, 11) is -2.81. The van der Waals surface area contributed by atoms with Crippen LogP contribution in [0.4, 0.5) is 18.0 Å². The number of rotatable bonds is 4. The molecule has 1 aliphatic heterocycles. The maximum absolute atomic E-state index is 12.3. The van der Waals surface area contributed by atoms with Gasteiger partial charge in [-0.05, 0) is 0 Å². The highest BCUT2D eigenvalue weighted by Gasteiger charge is 2.39. The maximum atomic E-state index is 12.3. The van der Waals surface area contributed by atoms with Crippen LogP contribution in [0.5, 0.6) is 0 Å². The van der Waals surface area contributed by atoms with Gasteiger partial charge in [-0.25, -0.2) is 23.2 Å². The Kier molecular flexibility index (Phi) is 4.28. The van der Waals surface area contributed by atoms with Crippen LogP contribution in [0.3, 0.4) is 0 Å². The van der Waals surface area contributed by atoms with E-state index in [-0.39, 0.29) is 18.2 Å². The summed E-state index contributed by atoms with van der Waals surface area (Å²) in [6, 6.07) is -1.09. The minimum absolute atomic E-state index is 0.189. The van der Waals surface area contributed by atoms with Crippen LogP contribution in [0.1, 0.15) is 0 Å². The van der Waals surface area contributed by atoms with Gasteiger partial charge in [0.25, 0.3) is 10.0 Å². The van der Waals surface area contributed by atoms with E-state index in [1.54, 1.807) is 0 Å². The first-order valence-electron chi connectivity index (χ1n) is 5.84. The first kappa shape index (κ1) is 16.8. The van der Waals surface area contributed by atoms with Gasteiger partial charge in [-0.1, -0.05) is 11.6 Å². The molecule has 0 aliphatic carbocycles. The van der Waals surface area contributed by atoms with Gasteiger partial charge >= 0.3 is 12.2 Å². The number of nitrogens with zero attached hydrogens (tertiary/aromatic N) is 4. The number of nitrogens with one attached hydrogen (secondary N) is 1. The summed E-state index contributed by atoms with van der Waals surface area (Å²) in [4.78, 5) is 17.7. The zero-order chi connectivity index (χ0) is 16.7. The van der Waals surface area contributed by atoms with Crippen molar-refractivity contribution in [3.8, 4) is 0 Å². The van der Waals surface area contributed by atoms with Gasteiger partial charge in [-0.15, -0.1) is 4.83 Å². The van der Waals surface area contributed by atoms with Gasteiger partial charge in [-0.2, -0.15) is 13.2 Å². The molecule has 0 aromatic carbocycles. The number of aryl methyl sites for hydroxylation is 1. The fourth-order valence-corrected chi connectivity index (χ4v) is 3.29. The van der Waals surface area contributed by atoms with Crippen molar-refractivity contribution in [1.82, 2.24) is 24.3 Å². The van der Waals surface area contributed by atoms with Crippen molar-refractivity contribution < 1.29 is 26.4 Å². The second-order valence-corrected chi connectivity index (χ2v) is 6.45. The van der Waals surface area contributed by atoms with Gasteiger partial charge < -0.3 is 9.47 Å². The second kappa shape index (κ2) is 5.59. The molecule has 1 N–H and O–H groups in total. The average molecular weight is 362 g/mol. The molecule has 1 aromatic rings. The molecular formula is C9H11ClF3N5O3S. The monoisotopic (exact) mass is 361 g/mol. The summed E-state index contributed by atoms with van der Waals surface area (Å²) in [6.07, 6.45) is -3.41. The van der Waals surface area contributed by atoms with E-state index in [0.29, 0.717) is 9.91 Å². The molecule has 1 aromatic heterocycles. The van der Waals surface area contributed by atoms with Crippen LogP contribution in [-0.4, -0.2) is 59.7 Å². The molecule has 22 heavy (non-hydrogen) atoms. The predicted octanol–water partition coefficient (Wildman–Crippen LogP) is 0.567. The highest BCUT2D eigenvalue weighted by molar-refractivity contribution is 7.89. The first-order chi connectivity index (χ1) is 10.0. The molecule has 2 amide bonds. The van der Waals surface area contributed by atoms with E-state index in [4.69, 9.17) is 11.6 Å². The van der Waals surface area contributed by atoms with Gasteiger partial charge in [0, 0.05) is 13.6 Å². The maximum Gasteiger partial charge on any atom is 0.406 e. The lowest BCUT2D eigenvalue weighted by Crippen LogP contribution is -2.46. The zero-order valence-electron chi connectivity index (χ0n) is 11.1. The topological polar surface area (TPSA) is 87.5 Å². The molecule has 1 saturated heterocycles. The molecule has 8 nitrogen and oxygen atoms in total. The van der Waals surface area contributed by atoms with Gasteiger partial charge in [0.2, 0.25) is 5.03 Å². The Morgan fingerprint density at radius 2 is 2.05 bits per heavy atom. The smallest absolute Gasteiger partial charge is 0.324 e. The van der Waals surface area contributed by atoms with Crippen molar-refractivity contribution in [2.24, 2.45) is 7.05 Å². The van der Waals surface area contributed by atoms with Crippen LogP contribution in [0.15, 0.2) is 11.4 Å². The molecule has 1 aliphatic rings. The minimum Gasteiger partial charge on any atom is -0.324 e. The number of hydrazine groups is 1. The van der Waals surface area contributed by atoms with E-state index in [1.807, 2.05) is 4.83 Å². The van der Waals surface area contributed by atoms with Crippen molar-refractivity contribution in [2.75, 3.05) is 19.6 Å². The number of carbonyl (C=O) groups excluding carboxylic acids is 1. The lowest BCUT2D eigenvalue weighted by molar-refractivity contribution is -0.138. The lowest BCUT2D eigenvalue weighted by Gasteiger charge is -2.19. The number of urea groups is 1. The molecule has 0 radical (unpaired) electrons. The Bertz CT molecular complexity index is 689. The number of imidazole rings is 1. The number of halogens is 4. The summed E-state index contributed by atoms with van der Waals surface area (Å²) >= 11 is 5.75. The minimum atomic E-state index is -4.56. The Labute approximate surface area is 128 Å². The number of alkyl halides is 3. The van der Waals surface area contributed by atoms with E-state index in [0.717, 1.165) is 6.33 Å². The first-order valence-corrected chi connectivity index (χ1v) is 7.70. The van der Waals surface area contributed by atoms with E-state index >= 15 is 0 Å². The number of aromatic nitrogens is 2. The van der Waals surface area contributed by atoms with Crippen LogP contribution < -0.4 is 4.83 Å². The molecule has 0 atom stereocenters. The molecule has 0 saturated carbocycles. The SMILES string of the molecule is Cn1cnc(S(=O)(=O)NN2CCN(CC(F)(F)F)C2=O)c1Cl. The molecular weight excluding hydrogens is 351 g/mol. The van der Waals surface area contributed by atoms with Crippen LogP contribution >= 0.6 is 11.6 Å². The van der Waals surface area contributed by atoms with Crippen LogP contribution in [0.25, 0.3) is 0 Å². The largest absolute Gasteiger partial charge is 0.406 e. The number of hydrogen-bond donors (Lipinski definition) is 1. The molecule has 0 spiro atoms. The Morgan fingerprint density at radius 3 is 2.55 bits per heavy atom. The highest BCUT2D eigenvalue weighted by Crippen LogP contribution is 2.21. The predicted molar refractivity (Wildman–Crippen MR) is 68.3 cm³/mol. The number of carbonyl (C=O) groups is 1. The number of sulfonamides is 1. The number of hydrogen-bond acceptors (Lipinski definition) is 4. The second-order valence-electron chi connectivity index (χ2n) is 4.52. The zero-order valence-corrected chi connectivity index (χ0v) is 12.7. The van der Waals surface area contributed by atoms with Gasteiger partial charge in [0.05, 0.1) is 12.9 Å². The molecule has 1 fully saturated rings. The molecule has 0 bridgehead atoms. The third kappa shape index (κ3) is 3.44. The summed E-state index contributed by atoms with van der Waals surface area (Å²) in [6.45, 7) is -1.93. The molecule has 2 rings (SSSR count). The summed E-state index contributed by atoms with van der Waals surface area (Å²) in [5.41, 5.74) is 0. The summed E-state index contributed by atoms with van der Waals surface area (Å²) in [5.74, 6) is 0. The Morgan fingerprint density at radius 1 is 1.41 bits per heavy atom. The van der Waals surface area contributed by atoms with E-state index < -0.39 is 33.8 Å². The lowest BCUT2D eigenvalue weighted by atomic mass is 10.5. The Balaban J connectivity index is 2.12. The fourth-order valence-electron chi connectivity index (χ4n) is 1.79. The average Bonchev–Trinajstić information content (AvgIpc) is 2.86. The molecule has 0 unspecified atom stereocenters. The quantitative estimate of drug-likeness (QED) is 0.849. The number of amides is 2. The van der Waals surface area contributed by atoms with Crippen molar-refractivity contribution >= 4 is 27.7 Å². The third-order valence-corrected chi connectivity index (χ3v) is 4.61. The van der Waals surface area contributed by atoms with Gasteiger partial charge in [-0.3, -0.25) is 0 Å². The fraction of sp³-hybridized carbons (Fsp3) is 0.556. The van der Waals surface area contributed by atoms with Gasteiger partial charge in [0.15, 0.2) is 0 Å². The standard InChI is InChI=1S/C9H11ClF3N5O3S/c1-16-5-14-7(6(16)10)22(20,21)15-18-3-2-17(8(18)19)4-9(11,12)13/h5,15H,2-4H2,1H3. The van der Waals surface area contributed by atoms with Crippen LogP contribution in [0.2, 0.25) is 5.15 Å². The summed E-state index contributed by atoms with van der Waals surface area (Å²) in [5, 5.41) is -0.128. The van der Waals surface area contributed by atoms with Crippen LogP contribution in [0, 0.1) is 0 Å². The third-order valence-electron chi connectivity index (χ3n) is 2.78. The molecule has 2 heterocycles. The highest BCUT2D eigenvalue weighted by atomic mass is 35.5. The van der Waals surface area contributed by atoms with Gasteiger partial charge in [0.1, 0.15) is 11.7 Å². The Hall–Kier alpha value is -1.53. The van der Waals surface area contributed by atoms with Crippen molar-refractivity contribution in [3.05, 3.63) is 11.5 Å². The van der Waals surface area contributed by atoms with Crippen molar-refractivity contribution in [3.63, 3.8) is 0 Å². The summed E-state index contributed by atoms with van der Waals surface area (Å²) < 4.78 is 62.2. The normalized spacial score (nSPS) is 16.7. The van der Waals surface area contributed by atoms with Crippen molar-refractivity contribution in [2.45, 2.75) is 11.2 Å². The van der Waals surface area contributed by atoms with Crippen LogP contribution in [-0.2, 0) is 17.1 Å². The van der Waals surface area contributed by atoms with E-state index in [1.165, 1.54) is 11.6 Å².